The van der Waals surface area contributed by atoms with E-state index < -0.39 is 21.5 Å². The number of hydrogen-bond acceptors (Lipinski definition) is 4. The molecular weight excluding hydrogens is 354 g/mol. The first kappa shape index (κ1) is 19.9. The van der Waals surface area contributed by atoms with Crippen molar-refractivity contribution in [3.8, 4) is 0 Å². The number of amides is 1. The molecule has 0 aliphatic heterocycles. The number of hydrogen-bond donors (Lipinski definition) is 2. The number of pyridine rings is 1. The van der Waals surface area contributed by atoms with Gasteiger partial charge in [-0.15, -0.1) is 0 Å². The molecule has 0 saturated heterocycles. The third-order valence-electron chi connectivity index (χ3n) is 4.02. The van der Waals surface area contributed by atoms with Crippen LogP contribution in [0.15, 0.2) is 46.1 Å². The lowest BCUT2D eigenvalue weighted by molar-refractivity contribution is 0.0949. The fourth-order valence-corrected chi connectivity index (χ4v) is 3.98. The molecule has 2 N–H and O–H groups in total. The zero-order valence-corrected chi connectivity index (χ0v) is 15.9. The van der Waals surface area contributed by atoms with Gasteiger partial charge in [-0.05, 0) is 36.8 Å². The van der Waals surface area contributed by atoms with Crippen molar-refractivity contribution < 1.29 is 13.2 Å². The predicted octanol–water partition coefficient (Wildman–Crippen LogP) is 1.64. The molecule has 0 aliphatic carbocycles. The van der Waals surface area contributed by atoms with E-state index in [4.69, 9.17) is 0 Å². The second kappa shape index (κ2) is 8.29. The van der Waals surface area contributed by atoms with Gasteiger partial charge >= 0.3 is 0 Å². The number of aromatic amines is 1. The first-order chi connectivity index (χ1) is 12.3. The lowest BCUT2D eigenvalue weighted by atomic mass is 10.2. The normalized spacial score (nSPS) is 11.5. The Balaban J connectivity index is 2.08. The van der Waals surface area contributed by atoms with Crippen LogP contribution in [0.25, 0.3) is 0 Å². The summed E-state index contributed by atoms with van der Waals surface area (Å²) in [5.41, 5.74) is 1.01. The molecule has 1 aromatic heterocycles. The van der Waals surface area contributed by atoms with Crippen molar-refractivity contribution in [3.05, 3.63) is 63.6 Å². The Kier molecular flexibility index (Phi) is 6.33. The molecule has 2 aromatic rings. The Labute approximate surface area is 153 Å². The maximum absolute atomic E-state index is 12.4. The van der Waals surface area contributed by atoms with E-state index in [1.54, 1.807) is 39.0 Å². The fourth-order valence-electron chi connectivity index (χ4n) is 2.52. The van der Waals surface area contributed by atoms with Crippen molar-refractivity contribution >= 4 is 15.9 Å². The monoisotopic (exact) mass is 377 g/mol. The van der Waals surface area contributed by atoms with Crippen LogP contribution >= 0.6 is 0 Å². The SMILES string of the molecule is CCN(CC)S(=O)(=O)c1ccc(CNC(=O)c2ccc(C)[nH]c2=O)cc1. The molecule has 0 radical (unpaired) electrons. The molecule has 0 spiro atoms. The van der Waals surface area contributed by atoms with Gasteiger partial charge in [0.2, 0.25) is 10.0 Å². The van der Waals surface area contributed by atoms with Crippen LogP contribution in [-0.2, 0) is 16.6 Å². The molecule has 7 nitrogen and oxygen atoms in total. The highest BCUT2D eigenvalue weighted by atomic mass is 32.2. The third kappa shape index (κ3) is 4.39. The molecular formula is C18H23N3O4S. The number of nitrogens with one attached hydrogen (secondary N) is 2. The van der Waals surface area contributed by atoms with Crippen LogP contribution in [-0.4, -0.2) is 36.7 Å². The molecule has 0 fully saturated rings. The van der Waals surface area contributed by atoms with Crippen molar-refractivity contribution in [1.29, 1.82) is 0 Å². The smallest absolute Gasteiger partial charge is 0.260 e. The molecule has 1 amide bonds. The van der Waals surface area contributed by atoms with Crippen LogP contribution in [0.1, 0.15) is 35.5 Å². The minimum atomic E-state index is -3.50. The summed E-state index contributed by atoms with van der Waals surface area (Å²) in [6.07, 6.45) is 0. The van der Waals surface area contributed by atoms with Crippen molar-refractivity contribution in [2.75, 3.05) is 13.1 Å². The molecule has 0 atom stereocenters. The van der Waals surface area contributed by atoms with Gasteiger partial charge in [-0.3, -0.25) is 9.59 Å². The standard InChI is InChI=1S/C18H23N3O4S/c1-4-21(5-2)26(24,25)15-9-7-14(8-10-15)12-19-17(22)16-11-6-13(3)20-18(16)23/h6-11H,4-5,12H2,1-3H3,(H,19,22)(H,20,23). The van der Waals surface area contributed by atoms with Crippen molar-refractivity contribution in [3.63, 3.8) is 0 Å². The quantitative estimate of drug-likeness (QED) is 0.766. The summed E-state index contributed by atoms with van der Waals surface area (Å²) < 4.78 is 26.3. The molecule has 0 aliphatic rings. The summed E-state index contributed by atoms with van der Waals surface area (Å²) in [6.45, 7) is 6.31. The molecule has 0 bridgehead atoms. The summed E-state index contributed by atoms with van der Waals surface area (Å²) in [7, 11) is -3.50. The number of sulfonamides is 1. The first-order valence-electron chi connectivity index (χ1n) is 8.36. The van der Waals surface area contributed by atoms with Crippen LogP contribution in [0.3, 0.4) is 0 Å². The number of carbonyl (C=O) groups is 1. The Morgan fingerprint density at radius 2 is 1.69 bits per heavy atom. The van der Waals surface area contributed by atoms with Crippen LogP contribution < -0.4 is 10.9 Å². The number of benzene rings is 1. The van der Waals surface area contributed by atoms with Crippen LogP contribution in [0, 0.1) is 6.92 Å². The van der Waals surface area contributed by atoms with Gasteiger partial charge in [0.25, 0.3) is 11.5 Å². The van der Waals surface area contributed by atoms with E-state index in [1.807, 2.05) is 0 Å². The van der Waals surface area contributed by atoms with E-state index in [0.29, 0.717) is 18.8 Å². The highest BCUT2D eigenvalue weighted by Gasteiger charge is 2.21. The zero-order valence-electron chi connectivity index (χ0n) is 15.1. The average Bonchev–Trinajstić information content (AvgIpc) is 2.61. The highest BCUT2D eigenvalue weighted by molar-refractivity contribution is 7.89. The van der Waals surface area contributed by atoms with E-state index in [9.17, 15) is 18.0 Å². The van der Waals surface area contributed by atoms with E-state index >= 15 is 0 Å². The molecule has 1 heterocycles. The van der Waals surface area contributed by atoms with Gasteiger partial charge in [0.15, 0.2) is 0 Å². The summed E-state index contributed by atoms with van der Waals surface area (Å²) in [5.74, 6) is -0.480. The van der Waals surface area contributed by atoms with Crippen LogP contribution in [0.5, 0.6) is 0 Å². The zero-order chi connectivity index (χ0) is 19.3. The van der Waals surface area contributed by atoms with Crippen molar-refractivity contribution in [2.45, 2.75) is 32.2 Å². The molecule has 2 rings (SSSR count). The third-order valence-corrected chi connectivity index (χ3v) is 6.08. The summed E-state index contributed by atoms with van der Waals surface area (Å²) in [5, 5.41) is 2.66. The van der Waals surface area contributed by atoms with E-state index in [-0.39, 0.29) is 17.0 Å². The second-order valence-corrected chi connectivity index (χ2v) is 7.74. The molecule has 0 unspecified atom stereocenters. The molecule has 8 heteroatoms. The minimum Gasteiger partial charge on any atom is -0.348 e. The maximum atomic E-state index is 12.4. The summed E-state index contributed by atoms with van der Waals surface area (Å²) in [4.78, 5) is 26.7. The minimum absolute atomic E-state index is 0.0383. The number of aromatic nitrogens is 1. The first-order valence-corrected chi connectivity index (χ1v) is 9.80. The summed E-state index contributed by atoms with van der Waals surface area (Å²) in [6, 6.07) is 9.47. The predicted molar refractivity (Wildman–Crippen MR) is 99.5 cm³/mol. The van der Waals surface area contributed by atoms with E-state index in [2.05, 4.69) is 10.3 Å². The van der Waals surface area contributed by atoms with Gasteiger partial charge in [-0.25, -0.2) is 8.42 Å². The summed E-state index contributed by atoms with van der Waals surface area (Å²) >= 11 is 0. The number of nitrogens with zero attached hydrogens (tertiary/aromatic N) is 1. The molecule has 140 valence electrons. The van der Waals surface area contributed by atoms with Crippen molar-refractivity contribution in [1.82, 2.24) is 14.6 Å². The van der Waals surface area contributed by atoms with Crippen LogP contribution in [0.4, 0.5) is 0 Å². The maximum Gasteiger partial charge on any atom is 0.260 e. The Bertz CT molecular complexity index is 930. The fraction of sp³-hybridized carbons (Fsp3) is 0.333. The van der Waals surface area contributed by atoms with E-state index in [0.717, 1.165) is 5.56 Å². The van der Waals surface area contributed by atoms with Gasteiger partial charge < -0.3 is 10.3 Å². The Morgan fingerprint density at radius 1 is 1.08 bits per heavy atom. The van der Waals surface area contributed by atoms with Gasteiger partial charge in [-0.1, -0.05) is 26.0 Å². The largest absolute Gasteiger partial charge is 0.348 e. The highest BCUT2D eigenvalue weighted by Crippen LogP contribution is 2.16. The lowest BCUT2D eigenvalue weighted by Gasteiger charge is -2.18. The number of aryl methyl sites for hydroxylation is 1. The topological polar surface area (TPSA) is 99.3 Å². The van der Waals surface area contributed by atoms with Crippen LogP contribution in [0.2, 0.25) is 0 Å². The van der Waals surface area contributed by atoms with Gasteiger partial charge in [0.05, 0.1) is 4.90 Å². The van der Waals surface area contributed by atoms with Crippen molar-refractivity contribution in [2.24, 2.45) is 0 Å². The Hall–Kier alpha value is -2.45. The lowest BCUT2D eigenvalue weighted by Crippen LogP contribution is -2.30. The van der Waals surface area contributed by atoms with Gasteiger partial charge in [-0.2, -0.15) is 4.31 Å². The molecule has 0 saturated carbocycles. The number of rotatable bonds is 7. The molecule has 1 aromatic carbocycles. The van der Waals surface area contributed by atoms with E-state index in [1.165, 1.54) is 22.5 Å². The number of H-pyrrole nitrogens is 1. The molecule has 26 heavy (non-hydrogen) atoms. The second-order valence-electron chi connectivity index (χ2n) is 5.80. The van der Waals surface area contributed by atoms with Gasteiger partial charge in [0, 0.05) is 25.3 Å². The average molecular weight is 377 g/mol. The number of carbonyl (C=O) groups excluding carboxylic acids is 1. The van der Waals surface area contributed by atoms with Gasteiger partial charge in [0.1, 0.15) is 5.56 Å². The Morgan fingerprint density at radius 3 is 2.23 bits per heavy atom.